The van der Waals surface area contributed by atoms with Crippen molar-refractivity contribution in [1.82, 2.24) is 0 Å². The van der Waals surface area contributed by atoms with Crippen LogP contribution in [0.5, 0.6) is 0 Å². The molecule has 0 spiro atoms. The minimum Gasteiger partial charge on any atom is -0.322 e. The molecular formula is C34H33N3O2S. The molecule has 40 heavy (non-hydrogen) atoms. The molecule has 0 fully saturated rings. The molecule has 6 rings (SSSR count). The summed E-state index contributed by atoms with van der Waals surface area (Å²) in [6.45, 7) is 7.33. The third kappa shape index (κ3) is 5.00. The van der Waals surface area contributed by atoms with E-state index in [0.29, 0.717) is 28.7 Å². The van der Waals surface area contributed by atoms with Crippen LogP contribution in [0.3, 0.4) is 0 Å². The molecular weight excluding hydrogens is 514 g/mol. The Balaban J connectivity index is 1.43. The zero-order valence-corrected chi connectivity index (χ0v) is 23.9. The van der Waals surface area contributed by atoms with Crippen LogP contribution in [0.2, 0.25) is 0 Å². The van der Waals surface area contributed by atoms with Crippen LogP contribution in [0, 0.1) is 11.3 Å². The lowest BCUT2D eigenvalue weighted by molar-refractivity contribution is -0.112. The van der Waals surface area contributed by atoms with Crippen LogP contribution in [0.4, 0.5) is 16.4 Å². The monoisotopic (exact) mass is 547 g/mol. The molecule has 2 heterocycles. The number of carbonyl (C=O) groups excluding carboxylic acids is 2. The summed E-state index contributed by atoms with van der Waals surface area (Å²) < 4.78 is 0. The molecule has 0 unspecified atom stereocenters. The first-order valence-electron chi connectivity index (χ1n) is 13.8. The van der Waals surface area contributed by atoms with Gasteiger partial charge in [-0.2, -0.15) is 0 Å². The fourth-order valence-electron chi connectivity index (χ4n) is 5.73. The Morgan fingerprint density at radius 3 is 2.38 bits per heavy atom. The van der Waals surface area contributed by atoms with E-state index in [0.717, 1.165) is 47.3 Å². The zero-order valence-electron chi connectivity index (χ0n) is 23.1. The molecule has 1 aliphatic heterocycles. The van der Waals surface area contributed by atoms with Crippen molar-refractivity contribution < 1.29 is 9.59 Å². The van der Waals surface area contributed by atoms with Crippen LogP contribution >= 0.6 is 11.3 Å². The van der Waals surface area contributed by atoms with Gasteiger partial charge >= 0.3 is 0 Å². The minimum absolute atomic E-state index is 0.140. The Morgan fingerprint density at radius 2 is 1.65 bits per heavy atom. The van der Waals surface area contributed by atoms with E-state index in [1.54, 1.807) is 16.2 Å². The first-order chi connectivity index (χ1) is 19.3. The summed E-state index contributed by atoms with van der Waals surface area (Å²) in [7, 11) is 0. The number of aliphatic imine (C=N–C) groups is 1. The highest BCUT2D eigenvalue weighted by Gasteiger charge is 2.37. The number of benzene rings is 3. The lowest BCUT2D eigenvalue weighted by Gasteiger charge is -2.33. The van der Waals surface area contributed by atoms with Crippen molar-refractivity contribution in [3.05, 3.63) is 112 Å². The highest BCUT2D eigenvalue weighted by molar-refractivity contribution is 7.16. The van der Waals surface area contributed by atoms with E-state index in [2.05, 4.69) is 26.1 Å². The van der Waals surface area contributed by atoms with Gasteiger partial charge in [0, 0.05) is 16.1 Å². The van der Waals surface area contributed by atoms with E-state index in [9.17, 15) is 9.59 Å². The van der Waals surface area contributed by atoms with Gasteiger partial charge in [0.25, 0.3) is 11.8 Å². The molecule has 1 aromatic heterocycles. The number of thiophene rings is 1. The quantitative estimate of drug-likeness (QED) is 0.277. The summed E-state index contributed by atoms with van der Waals surface area (Å²) in [4.78, 5) is 35.7. The van der Waals surface area contributed by atoms with Crippen molar-refractivity contribution in [1.29, 1.82) is 0 Å². The zero-order chi connectivity index (χ0) is 27.9. The Labute approximate surface area is 239 Å². The maximum Gasteiger partial charge on any atom is 0.277 e. The second kappa shape index (κ2) is 10.5. The third-order valence-electron chi connectivity index (χ3n) is 8.02. The van der Waals surface area contributed by atoms with E-state index in [1.807, 2.05) is 84.9 Å². The second-order valence-corrected chi connectivity index (χ2v) is 12.7. The average Bonchev–Trinajstić information content (AvgIpc) is 3.44. The largest absolute Gasteiger partial charge is 0.322 e. The van der Waals surface area contributed by atoms with Gasteiger partial charge in [-0.05, 0) is 59.9 Å². The number of amides is 2. The Hall–Kier alpha value is -4.03. The summed E-state index contributed by atoms with van der Waals surface area (Å²) in [5, 5.41) is 3.69. The van der Waals surface area contributed by atoms with Gasteiger partial charge in [0.1, 0.15) is 10.7 Å². The molecule has 1 N–H and O–H groups in total. The van der Waals surface area contributed by atoms with Gasteiger partial charge in [-0.3, -0.25) is 9.59 Å². The number of nitrogens with zero attached hydrogens (tertiary/aromatic N) is 2. The summed E-state index contributed by atoms with van der Waals surface area (Å²) >= 11 is 1.57. The lowest BCUT2D eigenvalue weighted by atomic mass is 9.72. The highest BCUT2D eigenvalue weighted by atomic mass is 32.1. The SMILES string of the molecule is CC(C)(C)[C@@H]1CCc2c(sc(N=C3C(=O)N(Cc4ccccc4)c4ccccc43)c2C(=O)Nc2ccccc2)C1. The summed E-state index contributed by atoms with van der Waals surface area (Å²) in [5.41, 5.74) is 5.70. The van der Waals surface area contributed by atoms with Crippen LogP contribution in [0.1, 0.15) is 59.1 Å². The first kappa shape index (κ1) is 26.2. The van der Waals surface area contributed by atoms with Crippen molar-refractivity contribution in [3.63, 3.8) is 0 Å². The predicted molar refractivity (Wildman–Crippen MR) is 164 cm³/mol. The Morgan fingerprint density at radius 1 is 0.975 bits per heavy atom. The van der Waals surface area contributed by atoms with Crippen molar-refractivity contribution in [3.8, 4) is 0 Å². The number of nitrogens with one attached hydrogen (secondary N) is 1. The summed E-state index contributed by atoms with van der Waals surface area (Å²) in [5.74, 6) is 0.218. The van der Waals surface area contributed by atoms with Crippen molar-refractivity contribution in [2.24, 2.45) is 16.3 Å². The fraction of sp³-hybridized carbons (Fsp3) is 0.265. The maximum absolute atomic E-state index is 13.9. The van der Waals surface area contributed by atoms with E-state index < -0.39 is 0 Å². The fourth-order valence-corrected chi connectivity index (χ4v) is 7.03. The molecule has 1 atom stereocenters. The van der Waals surface area contributed by atoms with E-state index in [1.165, 1.54) is 4.88 Å². The standard InChI is InChI=1S/C34H33N3O2S/c1-34(2,3)23-18-19-26-28(20-23)40-32(29(26)31(38)35-24-14-8-5-9-15-24)36-30-25-16-10-11-17-27(25)37(33(30)39)21-22-12-6-4-7-13-22/h4-17,23H,18-21H2,1-3H3,(H,35,38)/t23-/m1/s1. The van der Waals surface area contributed by atoms with Crippen LogP contribution in [0.25, 0.3) is 0 Å². The Bertz CT molecular complexity index is 1600. The number of carbonyl (C=O) groups is 2. The van der Waals surface area contributed by atoms with Gasteiger partial charge in [0.05, 0.1) is 17.8 Å². The van der Waals surface area contributed by atoms with Crippen LogP contribution < -0.4 is 10.2 Å². The number of hydrogen-bond donors (Lipinski definition) is 1. The lowest BCUT2D eigenvalue weighted by Crippen LogP contribution is -2.29. The van der Waals surface area contributed by atoms with Gasteiger partial charge in [0.2, 0.25) is 0 Å². The number of anilines is 2. The minimum atomic E-state index is -0.169. The maximum atomic E-state index is 13.9. The third-order valence-corrected chi connectivity index (χ3v) is 9.17. The summed E-state index contributed by atoms with van der Waals surface area (Å²) in [6, 6.07) is 27.3. The van der Waals surface area contributed by atoms with Crippen LogP contribution in [-0.2, 0) is 24.2 Å². The number of fused-ring (bicyclic) bond motifs is 2. The van der Waals surface area contributed by atoms with Gasteiger partial charge in [-0.25, -0.2) is 4.99 Å². The molecule has 1 aliphatic carbocycles. The molecule has 0 radical (unpaired) electrons. The highest BCUT2D eigenvalue weighted by Crippen LogP contribution is 2.46. The smallest absolute Gasteiger partial charge is 0.277 e. The first-order valence-corrected chi connectivity index (χ1v) is 14.7. The topological polar surface area (TPSA) is 61.8 Å². The van der Waals surface area contributed by atoms with E-state index in [4.69, 9.17) is 4.99 Å². The van der Waals surface area contributed by atoms with Crippen molar-refractivity contribution in [2.75, 3.05) is 10.2 Å². The van der Waals surface area contributed by atoms with E-state index in [-0.39, 0.29) is 17.2 Å². The molecule has 202 valence electrons. The van der Waals surface area contributed by atoms with E-state index >= 15 is 0 Å². The molecule has 2 amide bonds. The normalized spacial score (nSPS) is 17.6. The van der Waals surface area contributed by atoms with Gasteiger partial charge in [-0.15, -0.1) is 11.3 Å². The molecule has 0 saturated carbocycles. The molecule has 6 heteroatoms. The van der Waals surface area contributed by atoms with Gasteiger partial charge in [-0.1, -0.05) is 87.5 Å². The number of para-hydroxylation sites is 2. The number of hydrogen-bond acceptors (Lipinski definition) is 4. The molecule has 4 aromatic rings. The van der Waals surface area contributed by atoms with Crippen LogP contribution in [-0.4, -0.2) is 17.5 Å². The molecule has 0 bridgehead atoms. The van der Waals surface area contributed by atoms with Crippen LogP contribution in [0.15, 0.2) is 89.9 Å². The molecule has 3 aromatic carbocycles. The van der Waals surface area contributed by atoms with Crippen molar-refractivity contribution in [2.45, 2.75) is 46.6 Å². The van der Waals surface area contributed by atoms with Gasteiger partial charge in [0.15, 0.2) is 0 Å². The van der Waals surface area contributed by atoms with Gasteiger partial charge < -0.3 is 10.2 Å². The molecule has 2 aliphatic rings. The molecule has 0 saturated heterocycles. The number of rotatable bonds is 5. The molecule has 5 nitrogen and oxygen atoms in total. The summed E-state index contributed by atoms with van der Waals surface area (Å²) in [6.07, 6.45) is 2.78. The Kier molecular flexibility index (Phi) is 6.88. The van der Waals surface area contributed by atoms with Crippen molar-refractivity contribution >= 4 is 45.2 Å². The average molecular weight is 548 g/mol. The second-order valence-electron chi connectivity index (χ2n) is 11.7. The predicted octanol–water partition coefficient (Wildman–Crippen LogP) is 7.82.